The number of aliphatic hydroxyl groups excluding tert-OH is 2. The Morgan fingerprint density at radius 1 is 1.50 bits per heavy atom. The van der Waals surface area contributed by atoms with Crippen LogP contribution < -0.4 is 5.73 Å². The van der Waals surface area contributed by atoms with Gasteiger partial charge in [0.15, 0.2) is 11.8 Å². The summed E-state index contributed by atoms with van der Waals surface area (Å²) < 4.78 is 31.5. The Morgan fingerprint density at radius 3 is 2.92 bits per heavy atom. The van der Waals surface area contributed by atoms with Crippen LogP contribution in [0.15, 0.2) is 36.5 Å². The standard InChI is InChI=1S/C14H14F2N4O4/c15-9(16)1-3-14(23)10(22)8(5-21)24-13(14)20-4-2-7-11(17)18-6-19-12(7)20/h2-4,6,8,10,13,21-23H,5H2,(H2,17,18,19)/t8-,10-,13-,14-/m1/s1. The Hall–Kier alpha value is -2.36. The first-order valence-corrected chi connectivity index (χ1v) is 6.91. The van der Waals surface area contributed by atoms with E-state index in [1.807, 2.05) is 0 Å². The lowest BCUT2D eigenvalue weighted by Gasteiger charge is -2.28. The predicted octanol–water partition coefficient (Wildman–Crippen LogP) is -0.0693. The van der Waals surface area contributed by atoms with E-state index in [0.717, 1.165) is 0 Å². The highest BCUT2D eigenvalue weighted by Crippen LogP contribution is 2.41. The van der Waals surface area contributed by atoms with E-state index < -0.39 is 36.7 Å². The summed E-state index contributed by atoms with van der Waals surface area (Å²) in [5.74, 6) is 0.185. The van der Waals surface area contributed by atoms with Crippen LogP contribution in [-0.4, -0.2) is 54.3 Å². The topological polar surface area (TPSA) is 127 Å². The van der Waals surface area contributed by atoms with Gasteiger partial charge in [0, 0.05) is 12.3 Å². The van der Waals surface area contributed by atoms with E-state index in [9.17, 15) is 24.1 Å². The number of fused-ring (bicyclic) bond motifs is 1. The third kappa shape index (κ3) is 2.46. The second kappa shape index (κ2) is 5.93. The zero-order valence-corrected chi connectivity index (χ0v) is 12.2. The Labute approximate surface area is 134 Å². The van der Waals surface area contributed by atoms with Crippen molar-refractivity contribution in [3.05, 3.63) is 36.5 Å². The maximum atomic E-state index is 12.4. The number of aromatic nitrogens is 3. The summed E-state index contributed by atoms with van der Waals surface area (Å²) in [5.41, 5.74) is 5.32. The summed E-state index contributed by atoms with van der Waals surface area (Å²) >= 11 is 0. The number of nitrogens with two attached hydrogens (primary N) is 1. The normalized spacial score (nSPS) is 29.6. The maximum Gasteiger partial charge on any atom is 0.312 e. The zero-order valence-electron chi connectivity index (χ0n) is 12.2. The fourth-order valence-electron chi connectivity index (χ4n) is 2.73. The third-order valence-electron chi connectivity index (χ3n) is 3.91. The molecule has 3 rings (SSSR count). The average molecular weight is 340 g/mol. The van der Waals surface area contributed by atoms with E-state index in [-0.39, 0.29) is 11.5 Å². The molecule has 3 heterocycles. The quantitative estimate of drug-likeness (QED) is 0.576. The van der Waals surface area contributed by atoms with E-state index in [1.54, 1.807) is 11.8 Å². The molecule has 2 aromatic rings. The van der Waals surface area contributed by atoms with Gasteiger partial charge in [0.05, 0.1) is 12.0 Å². The van der Waals surface area contributed by atoms with Crippen molar-refractivity contribution in [1.29, 1.82) is 0 Å². The molecule has 2 aromatic heterocycles. The fraction of sp³-hybridized carbons (Fsp3) is 0.357. The Balaban J connectivity index is 2.16. The van der Waals surface area contributed by atoms with E-state index in [0.29, 0.717) is 11.5 Å². The van der Waals surface area contributed by atoms with Crippen LogP contribution in [0.1, 0.15) is 6.23 Å². The van der Waals surface area contributed by atoms with Crippen LogP contribution in [0.3, 0.4) is 0 Å². The molecule has 0 aromatic carbocycles. The lowest BCUT2D eigenvalue weighted by molar-refractivity contribution is -0.0769. The minimum absolute atomic E-state index is 0.185. The molecule has 0 bridgehead atoms. The Kier molecular flexibility index (Phi) is 4.08. The van der Waals surface area contributed by atoms with Crippen molar-refractivity contribution in [3.8, 4) is 0 Å². The summed E-state index contributed by atoms with van der Waals surface area (Å²) in [5, 5.41) is 30.6. The lowest BCUT2D eigenvalue weighted by atomic mass is 9.94. The number of nitrogen functional groups attached to an aromatic ring is 1. The van der Waals surface area contributed by atoms with Crippen molar-refractivity contribution >= 4 is 16.9 Å². The largest absolute Gasteiger partial charge is 0.394 e. The Bertz CT molecular complexity index is 831. The summed E-state index contributed by atoms with van der Waals surface area (Å²) in [6.45, 7) is -0.619. The number of hydrogen-bond donors (Lipinski definition) is 4. The molecule has 8 nitrogen and oxygen atoms in total. The lowest BCUT2D eigenvalue weighted by Crippen LogP contribution is -2.45. The van der Waals surface area contributed by atoms with Gasteiger partial charge in [-0.05, 0) is 6.07 Å². The molecule has 10 heteroatoms. The van der Waals surface area contributed by atoms with Crippen LogP contribution in [0.5, 0.6) is 0 Å². The van der Waals surface area contributed by atoms with Crippen LogP contribution >= 0.6 is 0 Å². The van der Waals surface area contributed by atoms with Gasteiger partial charge in [0.25, 0.3) is 0 Å². The fourth-order valence-corrected chi connectivity index (χ4v) is 2.73. The highest BCUT2D eigenvalue weighted by Gasteiger charge is 2.55. The minimum atomic E-state index is -2.26. The van der Waals surface area contributed by atoms with Crippen LogP contribution in [-0.2, 0) is 4.74 Å². The van der Waals surface area contributed by atoms with Crippen LogP contribution in [0.25, 0.3) is 11.0 Å². The maximum absolute atomic E-state index is 12.4. The monoisotopic (exact) mass is 340 g/mol. The Morgan fingerprint density at radius 2 is 2.25 bits per heavy atom. The molecule has 0 unspecified atom stereocenters. The van der Waals surface area contributed by atoms with Crippen molar-refractivity contribution in [2.75, 3.05) is 12.3 Å². The first-order chi connectivity index (χ1) is 11.4. The van der Waals surface area contributed by atoms with Gasteiger partial charge in [0.2, 0.25) is 0 Å². The van der Waals surface area contributed by atoms with Gasteiger partial charge in [-0.2, -0.15) is 8.78 Å². The molecule has 128 valence electrons. The molecule has 0 amide bonds. The second-order valence-corrected chi connectivity index (χ2v) is 5.31. The molecule has 4 atom stereocenters. The van der Waals surface area contributed by atoms with Gasteiger partial charge in [-0.3, -0.25) is 0 Å². The number of anilines is 1. The molecule has 1 aliphatic rings. The molecule has 0 radical (unpaired) electrons. The molecule has 0 saturated carbocycles. The molecule has 5 N–H and O–H groups in total. The second-order valence-electron chi connectivity index (χ2n) is 5.31. The van der Waals surface area contributed by atoms with E-state index >= 15 is 0 Å². The summed E-state index contributed by atoms with van der Waals surface area (Å²) in [6.07, 6.45) is -3.08. The van der Waals surface area contributed by atoms with Gasteiger partial charge in [-0.25, -0.2) is 9.97 Å². The van der Waals surface area contributed by atoms with Crippen LogP contribution in [0.4, 0.5) is 14.6 Å². The van der Waals surface area contributed by atoms with Crippen molar-refractivity contribution in [2.24, 2.45) is 0 Å². The average Bonchev–Trinajstić information content (AvgIpc) is 3.07. The highest BCUT2D eigenvalue weighted by atomic mass is 19.3. The van der Waals surface area contributed by atoms with Crippen LogP contribution in [0, 0.1) is 0 Å². The third-order valence-corrected chi connectivity index (χ3v) is 3.91. The van der Waals surface area contributed by atoms with Crippen molar-refractivity contribution in [1.82, 2.24) is 14.5 Å². The number of hydrogen-bond acceptors (Lipinski definition) is 7. The van der Waals surface area contributed by atoms with Gasteiger partial charge < -0.3 is 30.4 Å². The molecular formula is C14H14F2N4O4. The first kappa shape index (κ1) is 16.5. The first-order valence-electron chi connectivity index (χ1n) is 6.91. The summed E-state index contributed by atoms with van der Waals surface area (Å²) in [4.78, 5) is 7.86. The zero-order chi connectivity index (χ0) is 17.5. The van der Waals surface area contributed by atoms with Crippen molar-refractivity contribution < 1.29 is 28.8 Å². The number of ether oxygens (including phenoxy) is 1. The minimum Gasteiger partial charge on any atom is -0.394 e. The summed E-state index contributed by atoms with van der Waals surface area (Å²) in [7, 11) is 0. The van der Waals surface area contributed by atoms with E-state index in [4.69, 9.17) is 10.5 Å². The molecule has 24 heavy (non-hydrogen) atoms. The van der Waals surface area contributed by atoms with Gasteiger partial charge >= 0.3 is 6.08 Å². The smallest absolute Gasteiger partial charge is 0.312 e. The predicted molar refractivity (Wildman–Crippen MR) is 77.7 cm³/mol. The molecule has 0 aliphatic carbocycles. The molecule has 1 saturated heterocycles. The summed E-state index contributed by atoms with van der Waals surface area (Å²) in [6, 6.07) is 1.56. The van der Waals surface area contributed by atoms with E-state index in [1.165, 1.54) is 17.1 Å². The molecule has 1 fully saturated rings. The number of nitrogens with zero attached hydrogens (tertiary/aromatic N) is 3. The van der Waals surface area contributed by atoms with E-state index in [2.05, 4.69) is 9.97 Å². The molecular weight excluding hydrogens is 326 g/mol. The van der Waals surface area contributed by atoms with Crippen molar-refractivity contribution in [2.45, 2.75) is 24.0 Å². The number of halogens is 2. The highest BCUT2D eigenvalue weighted by molar-refractivity contribution is 5.86. The van der Waals surface area contributed by atoms with Crippen molar-refractivity contribution in [3.63, 3.8) is 0 Å². The number of aliphatic hydroxyl groups is 3. The number of rotatable bonds is 3. The van der Waals surface area contributed by atoms with Crippen LogP contribution in [0.2, 0.25) is 0 Å². The molecule has 0 spiro atoms. The molecule has 1 aliphatic heterocycles. The SMILES string of the molecule is Nc1ncnc2c1ccn2[C@@H]1O[C@H](CO)[C@@H](O)[C@]1(O)C=C=C(F)F. The van der Waals surface area contributed by atoms with Gasteiger partial charge in [0.1, 0.15) is 30.0 Å². The van der Waals surface area contributed by atoms with Gasteiger partial charge in [-0.15, -0.1) is 0 Å². The van der Waals surface area contributed by atoms with Gasteiger partial charge in [-0.1, -0.05) is 5.73 Å².